The molecule has 29 heavy (non-hydrogen) atoms. The lowest BCUT2D eigenvalue weighted by Crippen LogP contribution is -2.62. The molecule has 0 aliphatic heterocycles. The Kier molecular flexibility index (Phi) is 5.00. The summed E-state index contributed by atoms with van der Waals surface area (Å²) in [4.78, 5) is 37.1. The van der Waals surface area contributed by atoms with Crippen molar-refractivity contribution in [3.05, 3.63) is 29.3 Å². The number of benzene rings is 1. The summed E-state index contributed by atoms with van der Waals surface area (Å²) < 4.78 is 5.14. The van der Waals surface area contributed by atoms with Gasteiger partial charge < -0.3 is 15.2 Å². The van der Waals surface area contributed by atoms with Gasteiger partial charge in [-0.05, 0) is 82.3 Å². The molecule has 4 aliphatic carbocycles. The number of rotatable bonds is 4. The Bertz CT molecular complexity index is 814. The first-order chi connectivity index (χ1) is 13.7. The lowest BCUT2D eigenvalue weighted by atomic mass is 9.53. The molecule has 7 heteroatoms. The van der Waals surface area contributed by atoms with E-state index < -0.39 is 24.0 Å². The highest BCUT2D eigenvalue weighted by atomic mass is 16.5. The van der Waals surface area contributed by atoms with Gasteiger partial charge in [0.15, 0.2) is 6.10 Å². The highest BCUT2D eigenvalue weighted by Gasteiger charge is 2.51. The molecule has 1 unspecified atom stereocenters. The Hall–Kier alpha value is -2.57. The third-order valence-corrected chi connectivity index (χ3v) is 6.68. The van der Waals surface area contributed by atoms with Crippen LogP contribution in [0.1, 0.15) is 61.4 Å². The van der Waals surface area contributed by atoms with E-state index in [1.807, 2.05) is 0 Å². The number of hydrogen-bond donors (Lipinski definition) is 3. The smallest absolute Gasteiger partial charge is 0.342 e. The molecule has 3 amide bonds. The van der Waals surface area contributed by atoms with Gasteiger partial charge in [0, 0.05) is 5.54 Å². The lowest BCUT2D eigenvalue weighted by Gasteiger charge is -2.56. The molecule has 1 aromatic carbocycles. The summed E-state index contributed by atoms with van der Waals surface area (Å²) >= 11 is 0. The number of carbonyl (C=O) groups excluding carboxylic acids is 3. The summed E-state index contributed by atoms with van der Waals surface area (Å²) in [6.07, 6.45) is 5.58. The van der Waals surface area contributed by atoms with Crippen LogP contribution in [0.2, 0.25) is 0 Å². The molecule has 4 saturated carbocycles. The van der Waals surface area contributed by atoms with Crippen molar-refractivity contribution in [1.82, 2.24) is 10.6 Å². The van der Waals surface area contributed by atoms with E-state index in [-0.39, 0.29) is 16.9 Å². The lowest BCUT2D eigenvalue weighted by molar-refractivity contribution is -0.128. The van der Waals surface area contributed by atoms with E-state index >= 15 is 0 Å². The normalized spacial score (nSPS) is 30.5. The fourth-order valence-corrected chi connectivity index (χ4v) is 5.84. The van der Waals surface area contributed by atoms with Crippen molar-refractivity contribution in [2.24, 2.45) is 17.8 Å². The molecule has 0 aromatic heterocycles. The first-order valence-electron chi connectivity index (χ1n) is 10.4. The molecule has 0 saturated heterocycles. The zero-order valence-corrected chi connectivity index (χ0v) is 16.9. The van der Waals surface area contributed by atoms with Gasteiger partial charge in [-0.15, -0.1) is 0 Å². The number of hydrogen-bond acceptors (Lipinski definition) is 5. The highest BCUT2D eigenvalue weighted by Crippen LogP contribution is 2.55. The van der Waals surface area contributed by atoms with Crippen molar-refractivity contribution in [1.29, 1.82) is 0 Å². The van der Waals surface area contributed by atoms with E-state index in [4.69, 9.17) is 4.74 Å². The third kappa shape index (κ3) is 4.09. The molecule has 7 nitrogen and oxygen atoms in total. The second-order valence-electron chi connectivity index (χ2n) is 9.21. The van der Waals surface area contributed by atoms with Crippen molar-refractivity contribution in [2.45, 2.75) is 64.0 Å². The van der Waals surface area contributed by atoms with Crippen LogP contribution in [-0.4, -0.2) is 34.7 Å². The summed E-state index contributed by atoms with van der Waals surface area (Å²) in [7, 11) is 0. The minimum absolute atomic E-state index is 0.0114. The standard InChI is InChI=1S/C22H28N2O5/c1-12-3-4-18(25)17(5-12)20(27)29-13(2)19(26)23-21(28)24-22-9-14-6-15(10-22)8-16(7-14)11-22/h3-5,13-16,25H,6-11H2,1-2H3,(H2,23,24,26,28). The van der Waals surface area contributed by atoms with E-state index in [0.29, 0.717) is 17.8 Å². The topological polar surface area (TPSA) is 105 Å². The van der Waals surface area contributed by atoms with Gasteiger partial charge in [0.25, 0.3) is 5.91 Å². The summed E-state index contributed by atoms with van der Waals surface area (Å²) in [6, 6.07) is 4.02. The average Bonchev–Trinajstić information content (AvgIpc) is 2.61. The van der Waals surface area contributed by atoms with Crippen molar-refractivity contribution in [3.63, 3.8) is 0 Å². The number of carbonyl (C=O) groups is 3. The number of urea groups is 1. The first-order valence-corrected chi connectivity index (χ1v) is 10.4. The molecule has 3 N–H and O–H groups in total. The number of ether oxygens (including phenoxy) is 1. The van der Waals surface area contributed by atoms with Gasteiger partial charge >= 0.3 is 12.0 Å². The fraction of sp³-hybridized carbons (Fsp3) is 0.591. The van der Waals surface area contributed by atoms with Gasteiger partial charge in [-0.2, -0.15) is 0 Å². The zero-order chi connectivity index (χ0) is 20.8. The van der Waals surface area contributed by atoms with E-state index in [1.165, 1.54) is 38.3 Å². The van der Waals surface area contributed by atoms with Crippen LogP contribution in [0.15, 0.2) is 18.2 Å². The summed E-state index contributed by atoms with van der Waals surface area (Å²) in [5.74, 6) is 0.327. The monoisotopic (exact) mass is 400 g/mol. The minimum atomic E-state index is -1.16. The van der Waals surface area contributed by atoms with Gasteiger partial charge in [0.05, 0.1) is 0 Å². The molecular formula is C22H28N2O5. The van der Waals surface area contributed by atoms with Gasteiger partial charge in [-0.1, -0.05) is 11.6 Å². The molecule has 0 radical (unpaired) electrons. The predicted octanol–water partition coefficient (Wildman–Crippen LogP) is 3.04. The van der Waals surface area contributed by atoms with Crippen LogP contribution in [-0.2, 0) is 9.53 Å². The quantitative estimate of drug-likeness (QED) is 0.674. The molecule has 156 valence electrons. The van der Waals surface area contributed by atoms with Crippen molar-refractivity contribution < 1.29 is 24.2 Å². The van der Waals surface area contributed by atoms with Crippen molar-refractivity contribution >= 4 is 17.9 Å². The van der Waals surface area contributed by atoms with E-state index in [9.17, 15) is 19.5 Å². The number of phenols is 1. The second kappa shape index (κ2) is 7.35. The van der Waals surface area contributed by atoms with Crippen LogP contribution < -0.4 is 10.6 Å². The van der Waals surface area contributed by atoms with Gasteiger partial charge in [-0.3, -0.25) is 10.1 Å². The first kappa shape index (κ1) is 19.7. The van der Waals surface area contributed by atoms with E-state index in [1.54, 1.807) is 13.0 Å². The zero-order valence-electron chi connectivity index (χ0n) is 16.9. The SMILES string of the molecule is Cc1ccc(O)c(C(=O)OC(C)C(=O)NC(=O)NC23CC4CC(CC(C4)C2)C3)c1. The summed E-state index contributed by atoms with van der Waals surface area (Å²) in [6.45, 7) is 3.18. The summed E-state index contributed by atoms with van der Waals surface area (Å²) in [5.41, 5.74) is 0.566. The minimum Gasteiger partial charge on any atom is -0.507 e. The van der Waals surface area contributed by atoms with Gasteiger partial charge in [0.1, 0.15) is 11.3 Å². The largest absolute Gasteiger partial charge is 0.507 e. The fourth-order valence-electron chi connectivity index (χ4n) is 5.84. The maximum absolute atomic E-state index is 12.5. The van der Waals surface area contributed by atoms with Crippen LogP contribution in [0.5, 0.6) is 5.75 Å². The average molecular weight is 400 g/mol. The Balaban J connectivity index is 1.32. The number of esters is 1. The number of aromatic hydroxyl groups is 1. The van der Waals surface area contributed by atoms with Crippen LogP contribution in [0.4, 0.5) is 4.79 Å². The number of phenolic OH excluding ortho intramolecular Hbond substituents is 1. The molecule has 4 fully saturated rings. The maximum Gasteiger partial charge on any atom is 0.342 e. The molecule has 1 aromatic rings. The van der Waals surface area contributed by atoms with Crippen LogP contribution in [0.25, 0.3) is 0 Å². The molecule has 1 atom stereocenters. The van der Waals surface area contributed by atoms with E-state index in [0.717, 1.165) is 24.8 Å². The van der Waals surface area contributed by atoms with E-state index in [2.05, 4.69) is 10.6 Å². The third-order valence-electron chi connectivity index (χ3n) is 6.68. The Labute approximate surface area is 170 Å². The number of amides is 3. The van der Waals surface area contributed by atoms with Gasteiger partial charge in [0.2, 0.25) is 0 Å². The molecule has 0 spiro atoms. The van der Waals surface area contributed by atoms with Crippen molar-refractivity contribution in [2.75, 3.05) is 0 Å². The Morgan fingerprint density at radius 1 is 1.10 bits per heavy atom. The maximum atomic E-state index is 12.5. The number of nitrogens with one attached hydrogen (secondary N) is 2. The van der Waals surface area contributed by atoms with Gasteiger partial charge in [-0.25, -0.2) is 9.59 Å². The predicted molar refractivity (Wildman–Crippen MR) is 105 cm³/mol. The van der Waals surface area contributed by atoms with Crippen LogP contribution >= 0.6 is 0 Å². The molecule has 5 rings (SSSR count). The number of aryl methyl sites for hydroxylation is 1. The molecule has 4 aliphatic rings. The Morgan fingerprint density at radius 3 is 2.28 bits per heavy atom. The highest BCUT2D eigenvalue weighted by molar-refractivity contribution is 5.99. The van der Waals surface area contributed by atoms with Crippen LogP contribution in [0.3, 0.4) is 0 Å². The molecule has 0 heterocycles. The summed E-state index contributed by atoms with van der Waals surface area (Å²) in [5, 5.41) is 15.2. The molecular weight excluding hydrogens is 372 g/mol. The number of imide groups is 1. The second-order valence-corrected chi connectivity index (χ2v) is 9.21. The Morgan fingerprint density at radius 2 is 1.69 bits per heavy atom. The van der Waals surface area contributed by atoms with Crippen LogP contribution in [0, 0.1) is 24.7 Å². The molecule has 4 bridgehead atoms. The van der Waals surface area contributed by atoms with Crippen molar-refractivity contribution in [3.8, 4) is 5.75 Å².